The molecule has 10 rings (SSSR count). The summed E-state index contributed by atoms with van der Waals surface area (Å²) in [4.78, 5) is 0. The van der Waals surface area contributed by atoms with Crippen LogP contribution in [-0.2, 0) is 0 Å². The monoisotopic (exact) mass is 672 g/mol. The maximum absolute atomic E-state index is 10.5. The molecule has 1 heterocycles. The zero-order valence-corrected chi connectivity index (χ0v) is 28.9. The zero-order chi connectivity index (χ0) is 35.3. The van der Waals surface area contributed by atoms with Crippen molar-refractivity contribution in [1.82, 2.24) is 4.57 Å². The summed E-state index contributed by atoms with van der Waals surface area (Å²) < 4.78 is 2.27. The van der Waals surface area contributed by atoms with Crippen molar-refractivity contribution in [3.63, 3.8) is 0 Å². The Bertz CT molecular complexity index is 2940. The smallest absolute Gasteiger partial charge is 0.101 e. The van der Waals surface area contributed by atoms with Crippen molar-refractivity contribution in [2.75, 3.05) is 0 Å². The van der Waals surface area contributed by atoms with Gasteiger partial charge in [-0.15, -0.1) is 0 Å². The third kappa shape index (κ3) is 4.87. The molecule has 2 heteroatoms. The number of benzene rings is 9. The fourth-order valence-corrected chi connectivity index (χ4v) is 8.40. The highest BCUT2D eigenvalue weighted by atomic mass is 15.0. The molecule has 0 aliphatic rings. The predicted octanol–water partition coefficient (Wildman–Crippen LogP) is 13.6. The lowest BCUT2D eigenvalue weighted by atomic mass is 9.85. The van der Waals surface area contributed by atoms with Gasteiger partial charge in [0.15, 0.2) is 0 Å². The lowest BCUT2D eigenvalue weighted by Crippen LogP contribution is -2.01. The summed E-state index contributed by atoms with van der Waals surface area (Å²) in [6, 6.07) is 71.5. The third-order valence-corrected chi connectivity index (χ3v) is 10.7. The summed E-state index contributed by atoms with van der Waals surface area (Å²) in [7, 11) is 0. The molecule has 0 amide bonds. The molecule has 53 heavy (non-hydrogen) atoms. The van der Waals surface area contributed by atoms with Crippen LogP contribution in [0.2, 0.25) is 0 Å². The van der Waals surface area contributed by atoms with E-state index in [4.69, 9.17) is 0 Å². The Morgan fingerprint density at radius 3 is 1.28 bits per heavy atom. The second-order valence-electron chi connectivity index (χ2n) is 13.5. The molecule has 0 fully saturated rings. The van der Waals surface area contributed by atoms with E-state index in [0.29, 0.717) is 5.56 Å². The lowest BCUT2D eigenvalue weighted by molar-refractivity contribution is 1.17. The Hall–Kier alpha value is -7.21. The molecule has 2 nitrogen and oxygen atoms in total. The molecule has 0 saturated carbocycles. The van der Waals surface area contributed by atoms with Crippen LogP contribution in [0, 0.1) is 11.3 Å². The number of fused-ring (bicyclic) bond motifs is 5. The van der Waals surface area contributed by atoms with Gasteiger partial charge >= 0.3 is 0 Å². The van der Waals surface area contributed by atoms with Gasteiger partial charge in [0.2, 0.25) is 0 Å². The molecule has 9 aromatic carbocycles. The highest BCUT2D eigenvalue weighted by molar-refractivity contribution is 6.21. The van der Waals surface area contributed by atoms with Crippen LogP contribution in [0.1, 0.15) is 5.56 Å². The molecule has 0 atom stereocenters. The van der Waals surface area contributed by atoms with Gasteiger partial charge in [-0.25, -0.2) is 0 Å². The molecule has 1 aromatic heterocycles. The normalized spacial score (nSPS) is 11.4. The summed E-state index contributed by atoms with van der Waals surface area (Å²) in [5, 5.41) is 17.8. The van der Waals surface area contributed by atoms with E-state index >= 15 is 0 Å². The van der Waals surface area contributed by atoms with Crippen LogP contribution in [0.25, 0.3) is 93.5 Å². The first-order valence-corrected chi connectivity index (χ1v) is 18.0. The van der Waals surface area contributed by atoms with Gasteiger partial charge in [0.25, 0.3) is 0 Å². The average molecular weight is 673 g/mol. The second kappa shape index (κ2) is 12.5. The number of aromatic nitrogens is 1. The number of rotatable bonds is 5. The molecular weight excluding hydrogens is 641 g/mol. The van der Waals surface area contributed by atoms with Gasteiger partial charge in [0.1, 0.15) is 6.07 Å². The molecule has 0 aliphatic carbocycles. The zero-order valence-electron chi connectivity index (χ0n) is 28.9. The first-order valence-electron chi connectivity index (χ1n) is 18.0. The van der Waals surface area contributed by atoms with E-state index in [2.05, 4.69) is 193 Å². The van der Waals surface area contributed by atoms with Gasteiger partial charge in [-0.05, 0) is 78.7 Å². The molecule has 0 saturated heterocycles. The van der Waals surface area contributed by atoms with Gasteiger partial charge in [-0.3, -0.25) is 0 Å². The summed E-state index contributed by atoms with van der Waals surface area (Å²) in [5.41, 5.74) is 12.9. The van der Waals surface area contributed by atoms with Crippen LogP contribution in [0.5, 0.6) is 0 Å². The number of nitriles is 1. The Kier molecular flexibility index (Phi) is 7.23. The Labute approximate surface area is 308 Å². The molecule has 0 bridgehead atoms. The fourth-order valence-electron chi connectivity index (χ4n) is 8.40. The van der Waals surface area contributed by atoms with Crippen LogP contribution in [0.3, 0.4) is 0 Å². The fraction of sp³-hybridized carbons (Fsp3) is 0. The Morgan fingerprint density at radius 1 is 0.321 bits per heavy atom. The van der Waals surface area contributed by atoms with Crippen molar-refractivity contribution in [3.8, 4) is 56.3 Å². The summed E-state index contributed by atoms with van der Waals surface area (Å²) in [6.45, 7) is 0. The second-order valence-corrected chi connectivity index (χ2v) is 13.5. The number of nitrogens with zero attached hydrogens (tertiary/aromatic N) is 2. The van der Waals surface area contributed by atoms with Crippen LogP contribution in [0.4, 0.5) is 0 Å². The largest absolute Gasteiger partial charge is 0.307 e. The van der Waals surface area contributed by atoms with E-state index in [1.54, 1.807) is 0 Å². The van der Waals surface area contributed by atoms with Crippen LogP contribution in [0.15, 0.2) is 194 Å². The topological polar surface area (TPSA) is 28.7 Å². The first-order chi connectivity index (χ1) is 26.3. The van der Waals surface area contributed by atoms with Gasteiger partial charge in [-0.2, -0.15) is 5.26 Å². The molecule has 0 aliphatic heterocycles. The molecule has 246 valence electrons. The van der Waals surface area contributed by atoms with Gasteiger partial charge in [0, 0.05) is 16.3 Å². The molecule has 0 N–H and O–H groups in total. The van der Waals surface area contributed by atoms with Crippen molar-refractivity contribution in [1.29, 1.82) is 5.26 Å². The van der Waals surface area contributed by atoms with E-state index in [0.717, 1.165) is 39.0 Å². The summed E-state index contributed by atoms with van der Waals surface area (Å²) >= 11 is 0. The van der Waals surface area contributed by atoms with Crippen LogP contribution < -0.4 is 0 Å². The molecule has 10 aromatic rings. The standard InChI is InChI=1S/C51H32N2/c52-33-37-17-14-26-46(51(37)53-47-27-12-10-20-40(47)41-21-11-13-28-48(41)53)39-19-5-4-18-38(39)34-29-31-36(32-30-34)50-44-24-8-6-22-42(44)49(35-15-2-1-3-16-35)43-23-7-9-25-45(43)50/h1-32H. The van der Waals surface area contributed by atoms with E-state index in [1.807, 2.05) is 12.1 Å². The van der Waals surface area contributed by atoms with Crippen LogP contribution >= 0.6 is 0 Å². The third-order valence-electron chi connectivity index (χ3n) is 10.7. The number of hydrogen-bond acceptors (Lipinski definition) is 1. The Morgan fingerprint density at radius 2 is 0.736 bits per heavy atom. The molecule has 0 spiro atoms. The minimum atomic E-state index is 0.636. The van der Waals surface area contributed by atoms with E-state index < -0.39 is 0 Å². The minimum Gasteiger partial charge on any atom is -0.307 e. The van der Waals surface area contributed by atoms with Crippen molar-refractivity contribution >= 4 is 43.4 Å². The predicted molar refractivity (Wildman–Crippen MR) is 222 cm³/mol. The molecule has 0 radical (unpaired) electrons. The maximum Gasteiger partial charge on any atom is 0.101 e. The number of para-hydroxylation sites is 3. The number of hydrogen-bond donors (Lipinski definition) is 0. The average Bonchev–Trinajstić information content (AvgIpc) is 3.57. The lowest BCUT2D eigenvalue weighted by Gasteiger charge is -2.19. The minimum absolute atomic E-state index is 0.636. The Balaban J connectivity index is 1.16. The van der Waals surface area contributed by atoms with Gasteiger partial charge < -0.3 is 4.57 Å². The van der Waals surface area contributed by atoms with E-state index in [1.165, 1.54) is 54.6 Å². The van der Waals surface area contributed by atoms with Crippen molar-refractivity contribution in [2.24, 2.45) is 0 Å². The molecular formula is C51H32N2. The van der Waals surface area contributed by atoms with Crippen molar-refractivity contribution in [3.05, 3.63) is 200 Å². The van der Waals surface area contributed by atoms with Crippen molar-refractivity contribution < 1.29 is 0 Å². The molecule has 0 unspecified atom stereocenters. The van der Waals surface area contributed by atoms with E-state index in [-0.39, 0.29) is 0 Å². The SMILES string of the molecule is N#Cc1cccc(-c2ccccc2-c2ccc(-c3c4ccccc4c(-c4ccccc4)c4ccccc34)cc2)c1-n1c2ccccc2c2ccccc21. The summed E-state index contributed by atoms with van der Waals surface area (Å²) in [6.07, 6.45) is 0. The highest BCUT2D eigenvalue weighted by Gasteiger charge is 2.21. The quantitative estimate of drug-likeness (QED) is 0.167. The van der Waals surface area contributed by atoms with E-state index in [9.17, 15) is 5.26 Å². The van der Waals surface area contributed by atoms with Gasteiger partial charge in [-0.1, -0.05) is 176 Å². The van der Waals surface area contributed by atoms with Crippen molar-refractivity contribution in [2.45, 2.75) is 0 Å². The first kappa shape index (κ1) is 30.6. The maximum atomic E-state index is 10.5. The van der Waals surface area contributed by atoms with Crippen LogP contribution in [-0.4, -0.2) is 4.57 Å². The summed E-state index contributed by atoms with van der Waals surface area (Å²) in [5.74, 6) is 0. The van der Waals surface area contributed by atoms with Gasteiger partial charge in [0.05, 0.1) is 22.3 Å². The highest BCUT2D eigenvalue weighted by Crippen LogP contribution is 2.45.